The summed E-state index contributed by atoms with van der Waals surface area (Å²) in [4.78, 5) is 7.86. The van der Waals surface area contributed by atoms with E-state index in [1.807, 2.05) is 25.3 Å². The maximum atomic E-state index is 5.47. The maximum absolute atomic E-state index is 5.47. The highest BCUT2D eigenvalue weighted by atomic mass is 16.5. The predicted octanol–water partition coefficient (Wildman–Crippen LogP) is 2.34. The predicted molar refractivity (Wildman–Crippen MR) is 72.7 cm³/mol. The summed E-state index contributed by atoms with van der Waals surface area (Å²) in [7, 11) is 0. The second-order valence-electron chi connectivity index (χ2n) is 4.36. The van der Waals surface area contributed by atoms with Crippen LogP contribution < -0.4 is 10.1 Å². The first-order chi connectivity index (χ1) is 8.88. The fourth-order valence-electron chi connectivity index (χ4n) is 2.32. The van der Waals surface area contributed by atoms with Crippen LogP contribution in [0.15, 0.2) is 24.4 Å². The van der Waals surface area contributed by atoms with Crippen LogP contribution in [-0.4, -0.2) is 29.7 Å². The molecule has 18 heavy (non-hydrogen) atoms. The van der Waals surface area contributed by atoms with Crippen LogP contribution in [0.25, 0.3) is 16.6 Å². The Labute approximate surface area is 106 Å². The first kappa shape index (κ1) is 11.3. The molecule has 0 bridgehead atoms. The number of pyridine rings is 1. The molecule has 2 aromatic heterocycles. The third-order valence-corrected chi connectivity index (χ3v) is 3.20. The Morgan fingerprint density at radius 2 is 2.33 bits per heavy atom. The highest BCUT2D eigenvalue weighted by Crippen LogP contribution is 2.27. The molecule has 2 aromatic rings. The van der Waals surface area contributed by atoms with Crippen molar-refractivity contribution in [2.24, 2.45) is 0 Å². The Morgan fingerprint density at radius 3 is 3.11 bits per heavy atom. The SMILES string of the molecule is CCOc1ccc2[nH]cc(C3=CCNCC3)c2n1. The number of nitrogens with zero attached hydrogens (tertiary/aromatic N) is 1. The molecular weight excluding hydrogens is 226 g/mol. The highest BCUT2D eigenvalue weighted by molar-refractivity contribution is 5.90. The molecule has 0 unspecified atom stereocenters. The molecule has 3 heterocycles. The van der Waals surface area contributed by atoms with Crippen molar-refractivity contribution in [1.29, 1.82) is 0 Å². The number of rotatable bonds is 3. The topological polar surface area (TPSA) is 49.9 Å². The van der Waals surface area contributed by atoms with Crippen molar-refractivity contribution in [3.05, 3.63) is 30.0 Å². The third-order valence-electron chi connectivity index (χ3n) is 3.20. The van der Waals surface area contributed by atoms with Gasteiger partial charge in [-0.05, 0) is 31.5 Å². The van der Waals surface area contributed by atoms with Gasteiger partial charge in [-0.3, -0.25) is 0 Å². The highest BCUT2D eigenvalue weighted by Gasteiger charge is 2.12. The minimum absolute atomic E-state index is 0.644. The van der Waals surface area contributed by atoms with E-state index in [0.717, 1.165) is 30.5 Å². The quantitative estimate of drug-likeness (QED) is 0.870. The van der Waals surface area contributed by atoms with Crippen molar-refractivity contribution in [2.75, 3.05) is 19.7 Å². The molecule has 0 atom stereocenters. The minimum atomic E-state index is 0.644. The standard InChI is InChI=1S/C14H17N3O/c1-2-18-13-4-3-12-14(17-13)11(9-16-12)10-5-7-15-8-6-10/h3-5,9,15-16H,2,6-8H2,1H3. The summed E-state index contributed by atoms with van der Waals surface area (Å²) in [6.07, 6.45) is 5.33. The van der Waals surface area contributed by atoms with E-state index in [1.165, 1.54) is 11.1 Å². The van der Waals surface area contributed by atoms with Gasteiger partial charge in [0, 0.05) is 24.4 Å². The molecule has 0 aromatic carbocycles. The average Bonchev–Trinajstić information content (AvgIpc) is 2.83. The van der Waals surface area contributed by atoms with E-state index in [0.29, 0.717) is 12.5 Å². The van der Waals surface area contributed by atoms with Gasteiger partial charge in [0.25, 0.3) is 0 Å². The number of H-pyrrole nitrogens is 1. The first-order valence-corrected chi connectivity index (χ1v) is 6.39. The molecule has 0 saturated carbocycles. The van der Waals surface area contributed by atoms with Gasteiger partial charge in [-0.15, -0.1) is 0 Å². The van der Waals surface area contributed by atoms with Crippen LogP contribution >= 0.6 is 0 Å². The van der Waals surface area contributed by atoms with Crippen LogP contribution in [-0.2, 0) is 0 Å². The van der Waals surface area contributed by atoms with Crippen LogP contribution in [0.3, 0.4) is 0 Å². The van der Waals surface area contributed by atoms with Crippen LogP contribution in [0.1, 0.15) is 18.9 Å². The lowest BCUT2D eigenvalue weighted by Crippen LogP contribution is -2.19. The first-order valence-electron chi connectivity index (χ1n) is 6.39. The summed E-state index contributed by atoms with van der Waals surface area (Å²) in [6, 6.07) is 3.93. The van der Waals surface area contributed by atoms with Crippen molar-refractivity contribution in [2.45, 2.75) is 13.3 Å². The van der Waals surface area contributed by atoms with Gasteiger partial charge < -0.3 is 15.0 Å². The van der Waals surface area contributed by atoms with Crippen LogP contribution in [0, 0.1) is 0 Å². The van der Waals surface area contributed by atoms with Gasteiger partial charge in [-0.1, -0.05) is 6.08 Å². The molecule has 4 nitrogen and oxygen atoms in total. The summed E-state index contributed by atoms with van der Waals surface area (Å²) in [5.41, 5.74) is 4.64. The van der Waals surface area contributed by atoms with Gasteiger partial charge in [-0.2, -0.15) is 0 Å². The zero-order valence-electron chi connectivity index (χ0n) is 10.5. The van der Waals surface area contributed by atoms with Gasteiger partial charge in [0.05, 0.1) is 17.6 Å². The van der Waals surface area contributed by atoms with Crippen LogP contribution in [0.5, 0.6) is 5.88 Å². The Morgan fingerprint density at radius 1 is 1.39 bits per heavy atom. The van der Waals surface area contributed by atoms with Gasteiger partial charge in [0.1, 0.15) is 0 Å². The molecule has 0 saturated heterocycles. The summed E-state index contributed by atoms with van der Waals surface area (Å²) < 4.78 is 5.47. The monoisotopic (exact) mass is 243 g/mol. The number of aromatic nitrogens is 2. The zero-order valence-corrected chi connectivity index (χ0v) is 10.5. The zero-order chi connectivity index (χ0) is 12.4. The molecule has 2 N–H and O–H groups in total. The number of fused-ring (bicyclic) bond motifs is 1. The molecule has 0 aliphatic carbocycles. The van der Waals surface area contributed by atoms with Gasteiger partial charge >= 0.3 is 0 Å². The van der Waals surface area contributed by atoms with Crippen molar-refractivity contribution < 1.29 is 4.74 Å². The molecular formula is C14H17N3O. The second-order valence-corrected chi connectivity index (χ2v) is 4.36. The summed E-state index contributed by atoms with van der Waals surface area (Å²) >= 11 is 0. The summed E-state index contributed by atoms with van der Waals surface area (Å²) in [6.45, 7) is 4.58. The molecule has 1 aliphatic heterocycles. The van der Waals surface area contributed by atoms with Crippen molar-refractivity contribution in [3.63, 3.8) is 0 Å². The Hall–Kier alpha value is -1.81. The lowest BCUT2D eigenvalue weighted by Gasteiger charge is -2.13. The molecule has 1 aliphatic rings. The molecule has 0 spiro atoms. The van der Waals surface area contributed by atoms with Crippen LogP contribution in [0.4, 0.5) is 0 Å². The smallest absolute Gasteiger partial charge is 0.213 e. The number of hydrogen-bond acceptors (Lipinski definition) is 3. The molecule has 4 heteroatoms. The maximum Gasteiger partial charge on any atom is 0.213 e. The number of ether oxygens (including phenoxy) is 1. The average molecular weight is 243 g/mol. The van der Waals surface area contributed by atoms with E-state index in [-0.39, 0.29) is 0 Å². The molecule has 0 amide bonds. The van der Waals surface area contributed by atoms with Gasteiger partial charge in [0.2, 0.25) is 5.88 Å². The largest absolute Gasteiger partial charge is 0.478 e. The van der Waals surface area contributed by atoms with Gasteiger partial charge in [0.15, 0.2) is 0 Å². The van der Waals surface area contributed by atoms with Crippen molar-refractivity contribution in [3.8, 4) is 5.88 Å². The minimum Gasteiger partial charge on any atom is -0.478 e. The second kappa shape index (κ2) is 4.82. The number of aromatic amines is 1. The van der Waals surface area contributed by atoms with Gasteiger partial charge in [-0.25, -0.2) is 4.98 Å². The van der Waals surface area contributed by atoms with Crippen LogP contribution in [0.2, 0.25) is 0 Å². The van der Waals surface area contributed by atoms with E-state index < -0.39 is 0 Å². The number of nitrogens with one attached hydrogen (secondary N) is 2. The molecule has 0 radical (unpaired) electrons. The summed E-state index contributed by atoms with van der Waals surface area (Å²) in [5.74, 6) is 0.695. The Kier molecular flexibility index (Phi) is 3.02. The fraction of sp³-hybridized carbons (Fsp3) is 0.357. The lowest BCUT2D eigenvalue weighted by molar-refractivity contribution is 0.328. The van der Waals surface area contributed by atoms with Crippen molar-refractivity contribution in [1.82, 2.24) is 15.3 Å². The van der Waals surface area contributed by atoms with E-state index in [1.54, 1.807) is 0 Å². The Balaban J connectivity index is 2.06. The number of hydrogen-bond donors (Lipinski definition) is 2. The molecule has 94 valence electrons. The fourth-order valence-corrected chi connectivity index (χ4v) is 2.32. The normalized spacial score (nSPS) is 15.7. The van der Waals surface area contributed by atoms with E-state index in [4.69, 9.17) is 4.74 Å². The lowest BCUT2D eigenvalue weighted by atomic mass is 10.0. The Bertz CT molecular complexity index is 586. The third kappa shape index (κ3) is 1.99. The molecule has 3 rings (SSSR count). The van der Waals surface area contributed by atoms with E-state index >= 15 is 0 Å². The van der Waals surface area contributed by atoms with E-state index in [9.17, 15) is 0 Å². The summed E-state index contributed by atoms with van der Waals surface area (Å²) in [5, 5.41) is 3.32. The molecule has 0 fully saturated rings. The van der Waals surface area contributed by atoms with Crippen molar-refractivity contribution >= 4 is 16.6 Å². The van der Waals surface area contributed by atoms with E-state index in [2.05, 4.69) is 21.4 Å².